The predicted octanol–water partition coefficient (Wildman–Crippen LogP) is 3.65. The van der Waals surface area contributed by atoms with E-state index in [1.165, 1.54) is 0 Å². The van der Waals surface area contributed by atoms with Gasteiger partial charge in [-0.25, -0.2) is 5.48 Å². The Kier molecular flexibility index (Phi) is 5.35. The summed E-state index contributed by atoms with van der Waals surface area (Å²) < 4.78 is 5.77. The zero-order valence-electron chi connectivity index (χ0n) is 12.2. The molecule has 0 bridgehead atoms. The van der Waals surface area contributed by atoms with Gasteiger partial charge in [-0.15, -0.1) is 0 Å². The van der Waals surface area contributed by atoms with Gasteiger partial charge in [0.1, 0.15) is 11.5 Å². The normalized spacial score (nSPS) is 11.7. The highest BCUT2D eigenvalue weighted by Gasteiger charge is 2.15. The maximum absolute atomic E-state index is 11.9. The van der Waals surface area contributed by atoms with E-state index < -0.39 is 0 Å². The SMILES string of the molecule is CCONC(=O)C(C)c1cccc(Oc2ccccc2)c1. The van der Waals surface area contributed by atoms with Crippen LogP contribution in [0.4, 0.5) is 0 Å². The Morgan fingerprint density at radius 1 is 1.10 bits per heavy atom. The third-order valence-corrected chi connectivity index (χ3v) is 3.05. The molecule has 0 fully saturated rings. The van der Waals surface area contributed by atoms with Gasteiger partial charge in [0, 0.05) is 0 Å². The van der Waals surface area contributed by atoms with Crippen molar-refractivity contribution in [1.29, 1.82) is 0 Å². The molecule has 1 unspecified atom stereocenters. The molecular formula is C17H19NO3. The molecule has 0 aliphatic carbocycles. The summed E-state index contributed by atoms with van der Waals surface area (Å²) in [5, 5.41) is 0. The van der Waals surface area contributed by atoms with E-state index in [0.717, 1.165) is 11.3 Å². The molecule has 1 N–H and O–H groups in total. The molecule has 1 atom stereocenters. The average Bonchev–Trinajstić information content (AvgIpc) is 2.53. The quantitative estimate of drug-likeness (QED) is 0.824. The van der Waals surface area contributed by atoms with E-state index in [1.54, 1.807) is 0 Å². The first-order valence-corrected chi connectivity index (χ1v) is 6.95. The maximum Gasteiger partial charge on any atom is 0.250 e. The standard InChI is InChI=1S/C17H19NO3/c1-3-20-18-17(19)13(2)14-8-7-11-16(12-14)21-15-9-5-4-6-10-15/h4-13H,3H2,1-2H3,(H,18,19). The fourth-order valence-electron chi connectivity index (χ4n) is 1.86. The summed E-state index contributed by atoms with van der Waals surface area (Å²) in [5.74, 6) is 0.986. The summed E-state index contributed by atoms with van der Waals surface area (Å²) in [6, 6.07) is 17.0. The first-order valence-electron chi connectivity index (χ1n) is 6.95. The van der Waals surface area contributed by atoms with Gasteiger partial charge < -0.3 is 4.74 Å². The highest BCUT2D eigenvalue weighted by molar-refractivity contribution is 5.82. The second kappa shape index (κ2) is 7.45. The van der Waals surface area contributed by atoms with Crippen molar-refractivity contribution in [1.82, 2.24) is 5.48 Å². The van der Waals surface area contributed by atoms with Crippen molar-refractivity contribution in [3.63, 3.8) is 0 Å². The first-order chi connectivity index (χ1) is 10.2. The Morgan fingerprint density at radius 2 is 1.81 bits per heavy atom. The molecule has 2 aromatic rings. The van der Waals surface area contributed by atoms with Gasteiger partial charge >= 0.3 is 0 Å². The van der Waals surface area contributed by atoms with Crippen LogP contribution in [0.15, 0.2) is 54.6 Å². The minimum atomic E-state index is -0.309. The molecule has 110 valence electrons. The van der Waals surface area contributed by atoms with Crippen LogP contribution in [0.25, 0.3) is 0 Å². The summed E-state index contributed by atoms with van der Waals surface area (Å²) in [6.45, 7) is 4.09. The average molecular weight is 285 g/mol. The Balaban J connectivity index is 2.08. The van der Waals surface area contributed by atoms with Crippen molar-refractivity contribution in [2.24, 2.45) is 0 Å². The van der Waals surface area contributed by atoms with Crippen LogP contribution in [0.2, 0.25) is 0 Å². The molecular weight excluding hydrogens is 266 g/mol. The molecule has 2 rings (SSSR count). The summed E-state index contributed by atoms with van der Waals surface area (Å²) >= 11 is 0. The Hall–Kier alpha value is -2.33. The van der Waals surface area contributed by atoms with E-state index in [1.807, 2.05) is 68.4 Å². The van der Waals surface area contributed by atoms with Crippen LogP contribution < -0.4 is 10.2 Å². The van der Waals surface area contributed by atoms with Gasteiger partial charge in [0.25, 0.3) is 5.91 Å². The van der Waals surface area contributed by atoms with Crippen LogP contribution in [0.5, 0.6) is 11.5 Å². The fourth-order valence-corrected chi connectivity index (χ4v) is 1.86. The summed E-state index contributed by atoms with van der Waals surface area (Å²) in [5.41, 5.74) is 3.30. The minimum absolute atomic E-state index is 0.172. The molecule has 0 radical (unpaired) electrons. The number of carbonyl (C=O) groups excluding carboxylic acids is 1. The maximum atomic E-state index is 11.9. The largest absolute Gasteiger partial charge is 0.457 e. The van der Waals surface area contributed by atoms with Gasteiger partial charge in [-0.05, 0) is 43.7 Å². The number of hydroxylamine groups is 1. The lowest BCUT2D eigenvalue weighted by Gasteiger charge is -2.13. The van der Waals surface area contributed by atoms with E-state index in [9.17, 15) is 4.79 Å². The van der Waals surface area contributed by atoms with E-state index in [-0.39, 0.29) is 11.8 Å². The molecule has 4 heteroatoms. The molecule has 0 aliphatic rings. The highest BCUT2D eigenvalue weighted by atomic mass is 16.6. The number of benzene rings is 2. The van der Waals surface area contributed by atoms with Gasteiger partial charge in [0.2, 0.25) is 0 Å². The van der Waals surface area contributed by atoms with Gasteiger partial charge in [0.15, 0.2) is 0 Å². The van der Waals surface area contributed by atoms with E-state index in [4.69, 9.17) is 9.57 Å². The van der Waals surface area contributed by atoms with E-state index in [0.29, 0.717) is 12.4 Å². The number of amides is 1. The Bertz CT molecular complexity index is 584. The lowest BCUT2D eigenvalue weighted by Crippen LogP contribution is -2.28. The molecule has 0 aliphatic heterocycles. The van der Waals surface area contributed by atoms with Crippen molar-refractivity contribution < 1.29 is 14.4 Å². The van der Waals surface area contributed by atoms with Crippen LogP contribution in [0.3, 0.4) is 0 Å². The molecule has 0 aromatic heterocycles. The van der Waals surface area contributed by atoms with Crippen LogP contribution >= 0.6 is 0 Å². The van der Waals surface area contributed by atoms with Crippen molar-refractivity contribution in [3.8, 4) is 11.5 Å². The number of carbonyl (C=O) groups is 1. The van der Waals surface area contributed by atoms with E-state index in [2.05, 4.69) is 5.48 Å². The molecule has 0 spiro atoms. The monoisotopic (exact) mass is 285 g/mol. The minimum Gasteiger partial charge on any atom is -0.457 e. The summed E-state index contributed by atoms with van der Waals surface area (Å²) in [7, 11) is 0. The Labute approximate surface area is 124 Å². The molecule has 0 saturated carbocycles. The number of ether oxygens (including phenoxy) is 1. The van der Waals surface area contributed by atoms with Crippen molar-refractivity contribution in [2.75, 3.05) is 6.61 Å². The lowest BCUT2D eigenvalue weighted by atomic mass is 10.0. The summed E-state index contributed by atoms with van der Waals surface area (Å²) in [6.07, 6.45) is 0. The highest BCUT2D eigenvalue weighted by Crippen LogP contribution is 2.25. The van der Waals surface area contributed by atoms with Crippen molar-refractivity contribution >= 4 is 5.91 Å². The van der Waals surface area contributed by atoms with Crippen LogP contribution in [0.1, 0.15) is 25.3 Å². The van der Waals surface area contributed by atoms with Crippen LogP contribution in [-0.4, -0.2) is 12.5 Å². The van der Waals surface area contributed by atoms with E-state index >= 15 is 0 Å². The number of para-hydroxylation sites is 1. The molecule has 21 heavy (non-hydrogen) atoms. The van der Waals surface area contributed by atoms with Gasteiger partial charge in [-0.2, -0.15) is 0 Å². The number of nitrogens with one attached hydrogen (secondary N) is 1. The molecule has 2 aromatic carbocycles. The number of hydrogen-bond donors (Lipinski definition) is 1. The molecule has 1 amide bonds. The second-order valence-electron chi connectivity index (χ2n) is 4.61. The number of hydrogen-bond acceptors (Lipinski definition) is 3. The third kappa shape index (κ3) is 4.33. The predicted molar refractivity (Wildman–Crippen MR) is 81.1 cm³/mol. The van der Waals surface area contributed by atoms with Gasteiger partial charge in [-0.1, -0.05) is 30.3 Å². The lowest BCUT2D eigenvalue weighted by molar-refractivity contribution is -0.134. The van der Waals surface area contributed by atoms with Gasteiger partial charge in [0.05, 0.1) is 12.5 Å². The zero-order valence-corrected chi connectivity index (χ0v) is 12.2. The topological polar surface area (TPSA) is 47.6 Å². The van der Waals surface area contributed by atoms with Crippen LogP contribution in [-0.2, 0) is 9.63 Å². The second-order valence-corrected chi connectivity index (χ2v) is 4.61. The fraction of sp³-hybridized carbons (Fsp3) is 0.235. The van der Waals surface area contributed by atoms with Crippen molar-refractivity contribution in [3.05, 3.63) is 60.2 Å². The molecule has 0 heterocycles. The first kappa shape index (κ1) is 15.1. The molecule has 0 saturated heterocycles. The summed E-state index contributed by atoms with van der Waals surface area (Å²) in [4.78, 5) is 16.8. The smallest absolute Gasteiger partial charge is 0.250 e. The molecule has 4 nitrogen and oxygen atoms in total. The van der Waals surface area contributed by atoms with Crippen molar-refractivity contribution in [2.45, 2.75) is 19.8 Å². The third-order valence-electron chi connectivity index (χ3n) is 3.05. The number of rotatable bonds is 6. The zero-order chi connectivity index (χ0) is 15.1. The van der Waals surface area contributed by atoms with Gasteiger partial charge in [-0.3, -0.25) is 9.63 Å². The Morgan fingerprint density at radius 3 is 2.52 bits per heavy atom. The van der Waals surface area contributed by atoms with Crippen LogP contribution in [0, 0.1) is 0 Å².